The summed E-state index contributed by atoms with van der Waals surface area (Å²) in [4.78, 5) is 34.7. The number of amides is 1. The van der Waals surface area contributed by atoms with Crippen molar-refractivity contribution in [3.05, 3.63) is 84.1 Å². The maximum absolute atomic E-state index is 13.2. The Kier molecular flexibility index (Phi) is 7.33. The molecule has 6 rings (SSSR count). The van der Waals surface area contributed by atoms with E-state index in [1.54, 1.807) is 6.20 Å². The van der Waals surface area contributed by atoms with Gasteiger partial charge in [-0.1, -0.05) is 30.3 Å². The second kappa shape index (κ2) is 11.3. The number of aromatic nitrogens is 4. The van der Waals surface area contributed by atoms with Crippen LogP contribution in [-0.2, 0) is 11.3 Å². The molecule has 39 heavy (non-hydrogen) atoms. The van der Waals surface area contributed by atoms with E-state index in [0.717, 1.165) is 74.9 Å². The predicted octanol–water partition coefficient (Wildman–Crippen LogP) is 3.68. The second-order valence-electron chi connectivity index (χ2n) is 10.2. The summed E-state index contributed by atoms with van der Waals surface area (Å²) in [5.41, 5.74) is 6.19. The molecular formula is C30H33N7O2. The number of morpholine rings is 1. The van der Waals surface area contributed by atoms with Gasteiger partial charge in [0.25, 0.3) is 5.91 Å². The number of aromatic amines is 1. The highest BCUT2D eigenvalue weighted by Crippen LogP contribution is 2.27. The molecule has 9 heteroatoms. The first kappa shape index (κ1) is 25.2. The molecule has 0 saturated carbocycles. The fraction of sp³-hybridized carbons (Fsp3) is 0.333. The van der Waals surface area contributed by atoms with E-state index in [1.165, 1.54) is 5.56 Å². The molecule has 5 heterocycles. The van der Waals surface area contributed by atoms with Crippen molar-refractivity contribution in [2.75, 3.05) is 44.3 Å². The maximum Gasteiger partial charge on any atom is 0.272 e. The number of aryl methyl sites for hydroxylation is 1. The van der Waals surface area contributed by atoms with E-state index in [2.05, 4.69) is 65.4 Å². The van der Waals surface area contributed by atoms with E-state index in [0.29, 0.717) is 17.2 Å². The molecule has 200 valence electrons. The molecule has 1 amide bonds. The normalized spacial score (nSPS) is 17.9. The van der Waals surface area contributed by atoms with Crippen LogP contribution in [0.25, 0.3) is 22.6 Å². The van der Waals surface area contributed by atoms with Gasteiger partial charge >= 0.3 is 0 Å². The molecule has 0 aliphatic carbocycles. The molecule has 0 spiro atoms. The number of rotatable bonds is 7. The van der Waals surface area contributed by atoms with E-state index in [-0.39, 0.29) is 11.9 Å². The SMILES string of the molecule is Cc1[nH]c(-c2cc(-c3cncc(N4CCOCC4)c3)ccn2)nc1C(=O)N[C@H]1CCN(Cc2ccccc2)C1. The zero-order valence-corrected chi connectivity index (χ0v) is 22.1. The van der Waals surface area contributed by atoms with Gasteiger partial charge in [-0.05, 0) is 42.7 Å². The van der Waals surface area contributed by atoms with E-state index in [9.17, 15) is 4.79 Å². The van der Waals surface area contributed by atoms with Crippen molar-refractivity contribution in [3.63, 3.8) is 0 Å². The van der Waals surface area contributed by atoms with Crippen molar-refractivity contribution in [3.8, 4) is 22.6 Å². The Hall–Kier alpha value is -4.08. The molecule has 4 aromatic rings. The Morgan fingerprint density at radius 2 is 1.92 bits per heavy atom. The standard InChI is InChI=1S/C30H33N7O2/c1-21-28(30(38)34-25-8-10-36(20-25)19-22-5-3-2-4-6-22)35-29(33-21)27-16-23(7-9-32-27)24-15-26(18-31-17-24)37-11-13-39-14-12-37/h2-7,9,15-18,25H,8,10-14,19-20H2,1H3,(H,33,35)(H,34,38)/t25-/m0/s1. The van der Waals surface area contributed by atoms with E-state index < -0.39 is 0 Å². The third-order valence-electron chi connectivity index (χ3n) is 7.39. The fourth-order valence-corrected chi connectivity index (χ4v) is 5.31. The lowest BCUT2D eigenvalue weighted by Crippen LogP contribution is -2.37. The van der Waals surface area contributed by atoms with Crippen LogP contribution in [0.2, 0.25) is 0 Å². The average Bonchev–Trinajstić information content (AvgIpc) is 3.60. The minimum atomic E-state index is -0.153. The van der Waals surface area contributed by atoms with Gasteiger partial charge in [0, 0.05) is 62.4 Å². The summed E-state index contributed by atoms with van der Waals surface area (Å²) in [7, 11) is 0. The van der Waals surface area contributed by atoms with E-state index in [4.69, 9.17) is 4.74 Å². The van der Waals surface area contributed by atoms with Gasteiger partial charge < -0.3 is 19.9 Å². The highest BCUT2D eigenvalue weighted by atomic mass is 16.5. The number of carbonyl (C=O) groups excluding carboxylic acids is 1. The molecular weight excluding hydrogens is 490 g/mol. The fourth-order valence-electron chi connectivity index (χ4n) is 5.31. The summed E-state index contributed by atoms with van der Waals surface area (Å²) in [6.07, 6.45) is 6.44. The first-order chi connectivity index (χ1) is 19.1. The van der Waals surface area contributed by atoms with Crippen LogP contribution in [0, 0.1) is 6.92 Å². The molecule has 0 bridgehead atoms. The van der Waals surface area contributed by atoms with Crippen LogP contribution < -0.4 is 10.2 Å². The van der Waals surface area contributed by atoms with Crippen LogP contribution in [0.3, 0.4) is 0 Å². The largest absolute Gasteiger partial charge is 0.378 e. The molecule has 0 radical (unpaired) electrons. The smallest absolute Gasteiger partial charge is 0.272 e. The summed E-state index contributed by atoms with van der Waals surface area (Å²) >= 11 is 0. The molecule has 2 aliphatic rings. The number of carbonyl (C=O) groups is 1. The van der Waals surface area contributed by atoms with Crippen LogP contribution in [0.5, 0.6) is 0 Å². The third-order valence-corrected chi connectivity index (χ3v) is 7.39. The molecule has 2 fully saturated rings. The van der Waals surface area contributed by atoms with Crippen molar-refractivity contribution >= 4 is 11.6 Å². The lowest BCUT2D eigenvalue weighted by Gasteiger charge is -2.28. The van der Waals surface area contributed by atoms with Crippen molar-refractivity contribution in [2.45, 2.75) is 25.9 Å². The Balaban J connectivity index is 1.13. The maximum atomic E-state index is 13.2. The molecule has 2 aliphatic heterocycles. The highest BCUT2D eigenvalue weighted by Gasteiger charge is 2.26. The monoisotopic (exact) mass is 523 g/mol. The van der Waals surface area contributed by atoms with Crippen LogP contribution in [0.4, 0.5) is 5.69 Å². The van der Waals surface area contributed by atoms with E-state index in [1.807, 2.05) is 37.5 Å². The summed E-state index contributed by atoms with van der Waals surface area (Å²) < 4.78 is 5.48. The predicted molar refractivity (Wildman–Crippen MR) is 150 cm³/mol. The topological polar surface area (TPSA) is 99.3 Å². The van der Waals surface area contributed by atoms with Crippen molar-refractivity contribution in [1.82, 2.24) is 30.2 Å². The van der Waals surface area contributed by atoms with Gasteiger partial charge in [-0.25, -0.2) is 4.98 Å². The third kappa shape index (κ3) is 5.84. The van der Waals surface area contributed by atoms with Crippen molar-refractivity contribution in [2.24, 2.45) is 0 Å². The van der Waals surface area contributed by atoms with Crippen molar-refractivity contribution in [1.29, 1.82) is 0 Å². The first-order valence-electron chi connectivity index (χ1n) is 13.5. The van der Waals surface area contributed by atoms with Crippen LogP contribution in [-0.4, -0.2) is 76.2 Å². The number of nitrogens with one attached hydrogen (secondary N) is 2. The van der Waals surface area contributed by atoms with Crippen molar-refractivity contribution < 1.29 is 9.53 Å². The number of benzene rings is 1. The first-order valence-corrected chi connectivity index (χ1v) is 13.5. The molecule has 3 aromatic heterocycles. The molecule has 2 saturated heterocycles. The van der Waals surface area contributed by atoms with Crippen LogP contribution >= 0.6 is 0 Å². The number of anilines is 1. The quantitative estimate of drug-likeness (QED) is 0.381. The summed E-state index contributed by atoms with van der Waals surface area (Å²) in [6, 6.07) is 16.6. The number of hydrogen-bond donors (Lipinski definition) is 2. The van der Waals surface area contributed by atoms with Gasteiger partial charge in [0.2, 0.25) is 0 Å². The number of likely N-dealkylation sites (tertiary alicyclic amines) is 1. The van der Waals surface area contributed by atoms with Crippen LogP contribution in [0.15, 0.2) is 67.1 Å². The Morgan fingerprint density at radius 3 is 2.77 bits per heavy atom. The number of nitrogens with zero attached hydrogens (tertiary/aromatic N) is 5. The van der Waals surface area contributed by atoms with Gasteiger partial charge in [-0.2, -0.15) is 0 Å². The Morgan fingerprint density at radius 1 is 1.08 bits per heavy atom. The molecule has 9 nitrogen and oxygen atoms in total. The van der Waals surface area contributed by atoms with Gasteiger partial charge in [0.15, 0.2) is 5.82 Å². The Labute approximate surface area is 228 Å². The molecule has 1 atom stereocenters. The van der Waals surface area contributed by atoms with Crippen LogP contribution in [0.1, 0.15) is 28.2 Å². The lowest BCUT2D eigenvalue weighted by molar-refractivity contribution is 0.0932. The van der Waals surface area contributed by atoms with Gasteiger partial charge in [-0.3, -0.25) is 19.7 Å². The van der Waals surface area contributed by atoms with E-state index >= 15 is 0 Å². The molecule has 2 N–H and O–H groups in total. The number of imidazole rings is 1. The zero-order chi connectivity index (χ0) is 26.6. The minimum absolute atomic E-state index is 0.105. The van der Waals surface area contributed by atoms with Gasteiger partial charge in [-0.15, -0.1) is 0 Å². The molecule has 0 unspecified atom stereocenters. The lowest BCUT2D eigenvalue weighted by atomic mass is 10.1. The summed E-state index contributed by atoms with van der Waals surface area (Å²) in [5.74, 6) is 0.425. The molecule has 1 aromatic carbocycles. The number of pyridine rings is 2. The highest BCUT2D eigenvalue weighted by molar-refractivity contribution is 5.94. The van der Waals surface area contributed by atoms with Gasteiger partial charge in [0.1, 0.15) is 11.4 Å². The second-order valence-corrected chi connectivity index (χ2v) is 10.2. The number of H-pyrrole nitrogens is 1. The number of hydrogen-bond acceptors (Lipinski definition) is 7. The zero-order valence-electron chi connectivity index (χ0n) is 22.1. The number of ether oxygens (including phenoxy) is 1. The van der Waals surface area contributed by atoms with Gasteiger partial charge in [0.05, 0.1) is 25.1 Å². The Bertz CT molecular complexity index is 1430. The average molecular weight is 524 g/mol. The minimum Gasteiger partial charge on any atom is -0.378 e. The summed E-state index contributed by atoms with van der Waals surface area (Å²) in [6.45, 7) is 7.73. The summed E-state index contributed by atoms with van der Waals surface area (Å²) in [5, 5.41) is 3.19.